The first kappa shape index (κ1) is 38.0. The van der Waals surface area contributed by atoms with Crippen LogP contribution < -0.4 is 19.9 Å². The Bertz CT molecular complexity index is 2390. The molecule has 16 nitrogen and oxygen atoms in total. The number of nitrogens with zero attached hydrogens (tertiary/aromatic N) is 7. The first-order valence-corrected chi connectivity index (χ1v) is 20.5. The van der Waals surface area contributed by atoms with Crippen LogP contribution in [0.25, 0.3) is 0 Å². The molecule has 0 radical (unpaired) electrons. The molecule has 4 aromatic rings. The number of aryl methyl sites for hydroxylation is 4. The normalized spacial score (nSPS) is 14.7. The molecule has 2 aromatic heterocycles. The molecule has 4 aliphatic rings. The molecule has 0 bridgehead atoms. The average Bonchev–Trinajstić information content (AvgIpc) is 3.96. The topological polar surface area (TPSA) is 252 Å². The second-order valence-electron chi connectivity index (χ2n) is 13.2. The van der Waals surface area contributed by atoms with Crippen molar-refractivity contribution < 1.29 is 26.4 Å². The van der Waals surface area contributed by atoms with Gasteiger partial charge in [0.15, 0.2) is 10.1 Å². The summed E-state index contributed by atoms with van der Waals surface area (Å²) in [5.41, 5.74) is 11.0. The summed E-state index contributed by atoms with van der Waals surface area (Å²) in [5, 5.41) is 40.0. The molecule has 8 rings (SSSR count). The predicted molar refractivity (Wildman–Crippen MR) is 194 cm³/mol. The molecule has 18 heteroatoms. The number of urea groups is 1. The minimum Gasteiger partial charge on any atom is -0.387 e. The van der Waals surface area contributed by atoms with Crippen LogP contribution in [0.3, 0.4) is 0 Å². The van der Waals surface area contributed by atoms with E-state index < -0.39 is 26.1 Å². The van der Waals surface area contributed by atoms with Crippen molar-refractivity contribution in [3.63, 3.8) is 0 Å². The molecule has 0 saturated heterocycles. The summed E-state index contributed by atoms with van der Waals surface area (Å²) in [6.45, 7) is -0.0560. The lowest BCUT2D eigenvalue weighted by Crippen LogP contribution is -2.35. The van der Waals surface area contributed by atoms with Gasteiger partial charge in [-0.05, 0) is 134 Å². The summed E-state index contributed by atoms with van der Waals surface area (Å²) in [7, 11) is -7.85. The zero-order valence-corrected chi connectivity index (χ0v) is 31.0. The Morgan fingerprint density at radius 1 is 0.722 bits per heavy atom. The lowest BCUT2D eigenvalue weighted by atomic mass is 9.99. The Morgan fingerprint density at radius 2 is 1.17 bits per heavy atom. The van der Waals surface area contributed by atoms with Gasteiger partial charge in [0, 0.05) is 18.1 Å². The van der Waals surface area contributed by atoms with Gasteiger partial charge < -0.3 is 10.1 Å². The van der Waals surface area contributed by atoms with E-state index in [1.54, 1.807) is 0 Å². The highest BCUT2D eigenvalue weighted by Gasteiger charge is 2.28. The fraction of sp³-hybridized carbons (Fsp3) is 0.389. The Morgan fingerprint density at radius 3 is 1.61 bits per heavy atom. The van der Waals surface area contributed by atoms with Crippen molar-refractivity contribution in [2.24, 2.45) is 5.14 Å². The van der Waals surface area contributed by atoms with Crippen molar-refractivity contribution in [2.75, 3.05) is 5.32 Å². The second-order valence-corrected chi connectivity index (χ2v) is 16.4. The van der Waals surface area contributed by atoms with Gasteiger partial charge in [-0.1, -0.05) is 12.1 Å². The number of aromatic nitrogens is 4. The van der Waals surface area contributed by atoms with Gasteiger partial charge in [0.1, 0.15) is 18.8 Å². The number of rotatable bonds is 7. The molecule has 280 valence electrons. The highest BCUT2D eigenvalue weighted by Crippen LogP contribution is 2.40. The number of benzene rings is 2. The van der Waals surface area contributed by atoms with Gasteiger partial charge in [-0.15, -0.1) is 5.26 Å². The predicted octanol–water partition coefficient (Wildman–Crippen LogP) is 3.47. The maximum atomic E-state index is 12.4. The number of hydrogen-bond donors (Lipinski definition) is 3. The lowest BCUT2D eigenvalue weighted by Gasteiger charge is -2.16. The highest BCUT2D eigenvalue weighted by molar-refractivity contribution is 7.90. The van der Waals surface area contributed by atoms with Crippen LogP contribution in [0, 0.1) is 34.2 Å². The summed E-state index contributed by atoms with van der Waals surface area (Å²) in [4.78, 5) is 12.4. The lowest BCUT2D eigenvalue weighted by molar-refractivity contribution is 0.256. The maximum absolute atomic E-state index is 12.4. The zero-order chi connectivity index (χ0) is 38.5. The van der Waals surface area contributed by atoms with Crippen LogP contribution in [0.5, 0.6) is 5.75 Å². The van der Waals surface area contributed by atoms with E-state index in [0.29, 0.717) is 0 Å². The number of carbonyl (C=O) groups is 1. The van der Waals surface area contributed by atoms with E-state index in [1.807, 2.05) is 23.1 Å². The highest BCUT2D eigenvalue weighted by atomic mass is 32.2. The molecule has 4 aliphatic carbocycles. The van der Waals surface area contributed by atoms with Crippen molar-refractivity contribution >= 4 is 31.8 Å². The monoisotopic (exact) mass is 770 g/mol. The number of amides is 2. The molecule has 0 aliphatic heterocycles. The number of anilines is 1. The number of primary sulfonamides is 1. The summed E-state index contributed by atoms with van der Waals surface area (Å²) in [5.74, 6) is 0.903. The van der Waals surface area contributed by atoms with Crippen LogP contribution in [0.2, 0.25) is 0 Å². The molecule has 54 heavy (non-hydrogen) atoms. The number of nitrogens with one attached hydrogen (secondary N) is 2. The molecular weight excluding hydrogens is 733 g/mol. The molecule has 0 saturated carbocycles. The molecule has 4 N–H and O–H groups in total. The van der Waals surface area contributed by atoms with Crippen LogP contribution in [-0.2, 0) is 84.5 Å². The van der Waals surface area contributed by atoms with E-state index in [4.69, 9.17) is 25.7 Å². The first-order chi connectivity index (χ1) is 25.9. The third kappa shape index (κ3) is 8.39. The number of ether oxygens (including phenoxy) is 1. The molecule has 2 aromatic carbocycles. The molecule has 0 atom stereocenters. The van der Waals surface area contributed by atoms with Crippen molar-refractivity contribution in [3.05, 3.63) is 81.2 Å². The van der Waals surface area contributed by atoms with E-state index in [9.17, 15) is 21.6 Å². The fourth-order valence-electron chi connectivity index (χ4n) is 7.52. The number of nitrogens with two attached hydrogens (primary N) is 1. The zero-order valence-electron chi connectivity index (χ0n) is 29.3. The molecule has 0 unspecified atom stereocenters. The second kappa shape index (κ2) is 16.1. The smallest absolute Gasteiger partial charge is 0.333 e. The van der Waals surface area contributed by atoms with E-state index in [1.165, 1.54) is 80.1 Å². The summed E-state index contributed by atoms with van der Waals surface area (Å²) in [6.07, 6.45) is 17.4. The van der Waals surface area contributed by atoms with Crippen LogP contribution in [-0.4, -0.2) is 42.4 Å². The van der Waals surface area contributed by atoms with E-state index in [-0.39, 0.29) is 23.1 Å². The Labute approximate surface area is 313 Å². The Balaban J connectivity index is 0.000000154. The van der Waals surface area contributed by atoms with E-state index >= 15 is 0 Å². The number of sulfonamides is 2. The summed E-state index contributed by atoms with van der Waals surface area (Å²) < 4.78 is 55.7. The van der Waals surface area contributed by atoms with Crippen molar-refractivity contribution in [1.82, 2.24) is 24.3 Å². The number of hydrogen-bond acceptors (Lipinski definition) is 11. The number of nitriles is 3. The average molecular weight is 771 g/mol. The van der Waals surface area contributed by atoms with Gasteiger partial charge in [0.2, 0.25) is 0 Å². The van der Waals surface area contributed by atoms with Gasteiger partial charge in [0.25, 0.3) is 26.3 Å². The Hall–Kier alpha value is -5.74. The first-order valence-electron chi connectivity index (χ1n) is 17.5. The van der Waals surface area contributed by atoms with Crippen LogP contribution >= 0.6 is 0 Å². The minimum absolute atomic E-state index is 0.00944. The summed E-state index contributed by atoms with van der Waals surface area (Å²) >= 11 is 0. The molecule has 2 amide bonds. The third-order valence-electron chi connectivity index (χ3n) is 9.77. The van der Waals surface area contributed by atoms with Gasteiger partial charge in [0.05, 0.1) is 12.1 Å². The van der Waals surface area contributed by atoms with Gasteiger partial charge in [-0.2, -0.15) is 29.1 Å². The van der Waals surface area contributed by atoms with E-state index in [0.717, 1.165) is 86.8 Å². The van der Waals surface area contributed by atoms with Crippen LogP contribution in [0.1, 0.15) is 70.2 Å². The SMILES string of the molecule is N#CCn1ccc(S(=O)(=O)NC(=O)Nc2c3c(cc4c2CCC4)CCC3)n1.N#CCn1ccc(S(N)(=O)=O)n1.N#COc1c2c(cc3c1CCC3)CCC2. The minimum atomic E-state index is -4.11. The molecule has 0 fully saturated rings. The van der Waals surface area contributed by atoms with E-state index in [2.05, 4.69) is 27.6 Å². The number of fused-ring (bicyclic) bond motifs is 4. The van der Waals surface area contributed by atoms with Gasteiger partial charge in [-0.25, -0.2) is 23.1 Å². The Kier molecular flexibility index (Phi) is 11.3. The van der Waals surface area contributed by atoms with Crippen LogP contribution in [0.15, 0.2) is 46.7 Å². The van der Waals surface area contributed by atoms with Gasteiger partial charge >= 0.3 is 6.03 Å². The van der Waals surface area contributed by atoms with Crippen molar-refractivity contribution in [1.29, 1.82) is 15.8 Å². The fourth-order valence-corrected chi connectivity index (χ4v) is 8.84. The summed E-state index contributed by atoms with van der Waals surface area (Å²) in [6, 6.07) is 9.98. The van der Waals surface area contributed by atoms with Gasteiger partial charge in [-0.3, -0.25) is 9.36 Å². The molecule has 2 heterocycles. The largest absolute Gasteiger partial charge is 0.387 e. The quantitative estimate of drug-likeness (QED) is 0.229. The van der Waals surface area contributed by atoms with Crippen molar-refractivity contribution in [2.45, 2.75) is 100 Å². The van der Waals surface area contributed by atoms with Crippen molar-refractivity contribution in [3.8, 4) is 24.1 Å². The standard InChI is InChI=1S/C18H19N5O3S.C13H13NO.C5H6N4O2S/c19-8-10-23-9-7-16(21-23)27(25,26)22-18(24)20-17-14-5-1-3-12(14)11-13-4-2-6-15(13)17;14-8-15-13-11-5-1-3-9(11)7-10-4-2-6-12(10)13;6-2-4-9-3-1-5(8-9)12(7,10)11/h7,9,11H,1-6,10H2,(H2,20,22,24);7H,1-6H2;1,3H,4H2,(H2,7,10,11). The molecule has 0 spiro atoms. The molecular formula is C36H38N10O6S2. The van der Waals surface area contributed by atoms with Crippen LogP contribution in [0.4, 0.5) is 10.5 Å². The third-order valence-corrected chi connectivity index (χ3v) is 11.8. The maximum Gasteiger partial charge on any atom is 0.333 e. The number of carbonyl (C=O) groups excluding carboxylic acids is 1.